The van der Waals surface area contributed by atoms with E-state index in [9.17, 15) is 9.59 Å². The van der Waals surface area contributed by atoms with E-state index in [0.29, 0.717) is 6.42 Å². The van der Waals surface area contributed by atoms with Crippen molar-refractivity contribution in [3.8, 4) is 0 Å². The first-order valence-corrected chi connectivity index (χ1v) is 10.9. The molecule has 3 aliphatic rings. The Morgan fingerprint density at radius 1 is 1.07 bits per heavy atom. The van der Waals surface area contributed by atoms with Crippen LogP contribution in [0.5, 0.6) is 0 Å². The van der Waals surface area contributed by atoms with Crippen molar-refractivity contribution in [1.29, 1.82) is 0 Å². The topological polar surface area (TPSA) is 52.7 Å². The molecule has 0 saturated carbocycles. The van der Waals surface area contributed by atoms with E-state index in [1.165, 1.54) is 11.1 Å². The van der Waals surface area contributed by atoms with E-state index >= 15 is 0 Å². The fraction of sp³-hybridized carbons (Fsp3) is 0.652. The van der Waals surface area contributed by atoms with Crippen LogP contribution >= 0.6 is 0 Å². The SMILES string of the molecule is CC(C)NC(=O)C[C@H]1CC2(CCN(C(=O)N3CCCC3)CC2)c2ccccc21. The average molecular weight is 384 g/mol. The number of benzene rings is 1. The molecule has 0 aromatic heterocycles. The molecule has 5 nitrogen and oxygen atoms in total. The standard InChI is InChI=1S/C23H33N3O2/c1-17(2)24-21(27)15-18-16-23(20-8-4-3-7-19(18)20)9-13-26(14-10-23)22(28)25-11-5-6-12-25/h3-4,7-8,17-18H,5-6,9-16H2,1-2H3,(H,24,27)/t18-/m0/s1. The Morgan fingerprint density at radius 2 is 1.71 bits per heavy atom. The zero-order valence-electron chi connectivity index (χ0n) is 17.2. The smallest absolute Gasteiger partial charge is 0.319 e. The molecule has 1 spiro atoms. The molecule has 2 aliphatic heterocycles. The van der Waals surface area contributed by atoms with Crippen molar-refractivity contribution in [2.75, 3.05) is 26.2 Å². The number of piperidine rings is 1. The maximum absolute atomic E-state index is 12.8. The van der Waals surface area contributed by atoms with Gasteiger partial charge in [0.1, 0.15) is 0 Å². The number of fused-ring (bicyclic) bond motifs is 2. The third kappa shape index (κ3) is 3.63. The first kappa shape index (κ1) is 19.3. The Hall–Kier alpha value is -2.04. The third-order valence-corrected chi connectivity index (χ3v) is 6.86. The van der Waals surface area contributed by atoms with Crippen LogP contribution in [0.1, 0.15) is 69.4 Å². The Bertz CT molecular complexity index is 731. The highest BCUT2D eigenvalue weighted by atomic mass is 16.2. The summed E-state index contributed by atoms with van der Waals surface area (Å²) < 4.78 is 0. The zero-order valence-corrected chi connectivity index (χ0v) is 17.2. The molecule has 4 rings (SSSR count). The Morgan fingerprint density at radius 3 is 2.39 bits per heavy atom. The summed E-state index contributed by atoms with van der Waals surface area (Å²) in [5, 5.41) is 3.05. The molecule has 2 saturated heterocycles. The summed E-state index contributed by atoms with van der Waals surface area (Å²) in [5.41, 5.74) is 2.90. The van der Waals surface area contributed by atoms with Crippen LogP contribution in [0.2, 0.25) is 0 Å². The minimum Gasteiger partial charge on any atom is -0.354 e. The molecule has 28 heavy (non-hydrogen) atoms. The number of hydrogen-bond acceptors (Lipinski definition) is 2. The monoisotopic (exact) mass is 383 g/mol. The van der Waals surface area contributed by atoms with Crippen molar-refractivity contribution < 1.29 is 9.59 Å². The molecule has 1 N–H and O–H groups in total. The summed E-state index contributed by atoms with van der Waals surface area (Å²) in [7, 11) is 0. The lowest BCUT2D eigenvalue weighted by Gasteiger charge is -2.41. The van der Waals surface area contributed by atoms with Gasteiger partial charge in [-0.25, -0.2) is 4.79 Å². The quantitative estimate of drug-likeness (QED) is 0.866. The van der Waals surface area contributed by atoms with E-state index in [4.69, 9.17) is 0 Å². The maximum Gasteiger partial charge on any atom is 0.319 e. The van der Waals surface area contributed by atoms with Gasteiger partial charge in [0.05, 0.1) is 0 Å². The fourth-order valence-electron chi connectivity index (χ4n) is 5.52. The van der Waals surface area contributed by atoms with Crippen LogP contribution in [0, 0.1) is 0 Å². The van der Waals surface area contributed by atoms with Gasteiger partial charge >= 0.3 is 6.03 Å². The van der Waals surface area contributed by atoms with Crippen molar-refractivity contribution in [3.63, 3.8) is 0 Å². The fourth-order valence-corrected chi connectivity index (χ4v) is 5.52. The van der Waals surface area contributed by atoms with E-state index in [1.807, 2.05) is 18.7 Å². The third-order valence-electron chi connectivity index (χ3n) is 6.86. The van der Waals surface area contributed by atoms with Gasteiger partial charge in [-0.05, 0) is 68.4 Å². The van der Waals surface area contributed by atoms with Gasteiger partial charge in [0.2, 0.25) is 5.91 Å². The molecule has 1 atom stereocenters. The van der Waals surface area contributed by atoms with E-state index in [2.05, 4.69) is 34.5 Å². The molecule has 2 fully saturated rings. The first-order valence-electron chi connectivity index (χ1n) is 10.9. The number of hydrogen-bond donors (Lipinski definition) is 1. The molecule has 1 aromatic carbocycles. The van der Waals surface area contributed by atoms with Crippen molar-refractivity contribution in [2.45, 2.75) is 69.7 Å². The normalized spacial score (nSPS) is 23.3. The lowest BCUT2D eigenvalue weighted by molar-refractivity contribution is -0.122. The van der Waals surface area contributed by atoms with E-state index in [1.54, 1.807) is 0 Å². The molecular weight excluding hydrogens is 350 g/mol. The molecule has 3 amide bonds. The van der Waals surface area contributed by atoms with Crippen LogP contribution in [-0.2, 0) is 10.2 Å². The van der Waals surface area contributed by atoms with Gasteiger partial charge < -0.3 is 15.1 Å². The Labute approximate surface area is 168 Å². The van der Waals surface area contributed by atoms with Crippen LogP contribution < -0.4 is 5.32 Å². The molecular formula is C23H33N3O2. The molecule has 1 aliphatic carbocycles. The molecule has 1 aromatic rings. The molecule has 152 valence electrons. The maximum atomic E-state index is 12.8. The van der Waals surface area contributed by atoms with Crippen LogP contribution in [0.25, 0.3) is 0 Å². The van der Waals surface area contributed by atoms with Gasteiger partial charge in [-0.1, -0.05) is 24.3 Å². The van der Waals surface area contributed by atoms with Crippen molar-refractivity contribution in [1.82, 2.24) is 15.1 Å². The number of urea groups is 1. The van der Waals surface area contributed by atoms with Crippen molar-refractivity contribution in [3.05, 3.63) is 35.4 Å². The summed E-state index contributed by atoms with van der Waals surface area (Å²) in [4.78, 5) is 29.2. The number of carbonyl (C=O) groups is 2. The predicted octanol–water partition coefficient (Wildman–Crippen LogP) is 3.64. The Balaban J connectivity index is 1.46. The molecule has 2 heterocycles. The van der Waals surface area contributed by atoms with Gasteiger partial charge in [0, 0.05) is 38.6 Å². The predicted molar refractivity (Wildman–Crippen MR) is 110 cm³/mol. The van der Waals surface area contributed by atoms with E-state index in [-0.39, 0.29) is 29.3 Å². The summed E-state index contributed by atoms with van der Waals surface area (Å²) in [6.07, 6.45) is 5.88. The molecule has 0 bridgehead atoms. The minimum absolute atomic E-state index is 0.126. The summed E-state index contributed by atoms with van der Waals surface area (Å²) in [5.74, 6) is 0.435. The first-order chi connectivity index (χ1) is 13.5. The number of amides is 3. The van der Waals surface area contributed by atoms with E-state index in [0.717, 1.165) is 58.3 Å². The second kappa shape index (κ2) is 7.76. The lowest BCUT2D eigenvalue weighted by atomic mass is 9.73. The van der Waals surface area contributed by atoms with Crippen LogP contribution in [0.4, 0.5) is 4.79 Å². The minimum atomic E-state index is 0.126. The summed E-state index contributed by atoms with van der Waals surface area (Å²) in [6.45, 7) is 7.50. The highest BCUT2D eigenvalue weighted by Gasteiger charge is 2.46. The van der Waals surface area contributed by atoms with Gasteiger partial charge in [0.25, 0.3) is 0 Å². The van der Waals surface area contributed by atoms with Gasteiger partial charge in [-0.2, -0.15) is 0 Å². The van der Waals surface area contributed by atoms with Crippen molar-refractivity contribution >= 4 is 11.9 Å². The summed E-state index contributed by atoms with van der Waals surface area (Å²) >= 11 is 0. The largest absolute Gasteiger partial charge is 0.354 e. The van der Waals surface area contributed by atoms with Gasteiger partial charge in [-0.15, -0.1) is 0 Å². The van der Waals surface area contributed by atoms with Crippen LogP contribution in [-0.4, -0.2) is 54.0 Å². The number of nitrogens with one attached hydrogen (secondary N) is 1. The second-order valence-corrected chi connectivity index (χ2v) is 9.16. The van der Waals surface area contributed by atoms with Crippen LogP contribution in [0.15, 0.2) is 24.3 Å². The van der Waals surface area contributed by atoms with Gasteiger partial charge in [0.15, 0.2) is 0 Å². The number of rotatable bonds is 3. The van der Waals surface area contributed by atoms with Gasteiger partial charge in [-0.3, -0.25) is 4.79 Å². The molecule has 0 radical (unpaired) electrons. The number of nitrogens with zero attached hydrogens (tertiary/aromatic N) is 2. The molecule has 0 unspecified atom stereocenters. The number of carbonyl (C=O) groups excluding carboxylic acids is 2. The van der Waals surface area contributed by atoms with E-state index < -0.39 is 0 Å². The van der Waals surface area contributed by atoms with Crippen LogP contribution in [0.3, 0.4) is 0 Å². The zero-order chi connectivity index (χ0) is 19.7. The highest BCUT2D eigenvalue weighted by molar-refractivity contribution is 5.77. The highest BCUT2D eigenvalue weighted by Crippen LogP contribution is 2.52. The molecule has 5 heteroatoms. The second-order valence-electron chi connectivity index (χ2n) is 9.16. The Kier molecular flexibility index (Phi) is 5.35. The number of likely N-dealkylation sites (tertiary alicyclic amines) is 2. The summed E-state index contributed by atoms with van der Waals surface area (Å²) in [6, 6.07) is 9.09. The average Bonchev–Trinajstić information content (AvgIpc) is 3.30. The van der Waals surface area contributed by atoms with Crippen molar-refractivity contribution in [2.24, 2.45) is 0 Å². The lowest BCUT2D eigenvalue weighted by Crippen LogP contribution is -2.49.